The largest absolute Gasteiger partial charge is 0.478 e. The first-order valence-corrected chi connectivity index (χ1v) is 5.84. The maximum absolute atomic E-state index is 12.5. The highest BCUT2D eigenvalue weighted by atomic mass is 17.2. The molecule has 0 aromatic heterocycles. The number of carboxylic acids is 2. The van der Waals surface area contributed by atoms with Gasteiger partial charge in [0, 0.05) is 12.7 Å². The van der Waals surface area contributed by atoms with Crippen LogP contribution >= 0.6 is 0 Å². The number of ketones is 1. The van der Waals surface area contributed by atoms with Gasteiger partial charge < -0.3 is 20.1 Å². The molecular formula is C13H14O9. The summed E-state index contributed by atoms with van der Waals surface area (Å²) < 4.78 is 4.37. The fourth-order valence-corrected chi connectivity index (χ4v) is 1.83. The van der Waals surface area contributed by atoms with E-state index in [1.807, 2.05) is 0 Å². The van der Waals surface area contributed by atoms with Gasteiger partial charge in [0.15, 0.2) is 0 Å². The van der Waals surface area contributed by atoms with Crippen molar-refractivity contribution >= 4 is 17.7 Å². The first-order chi connectivity index (χ1) is 10.3. The Hall–Kier alpha value is -2.33. The summed E-state index contributed by atoms with van der Waals surface area (Å²) in [6.07, 6.45) is 0. The Labute approximate surface area is 124 Å². The van der Waals surface area contributed by atoms with E-state index in [0.29, 0.717) is 7.11 Å². The number of methoxy groups -OCH3 is 1. The number of benzene rings is 1. The van der Waals surface area contributed by atoms with Crippen LogP contribution in [0, 0.1) is 0 Å². The van der Waals surface area contributed by atoms with Crippen LogP contribution in [0.5, 0.6) is 0 Å². The molecule has 0 saturated carbocycles. The Balaban J connectivity index is 3.62. The number of hydrogen-bond acceptors (Lipinski definition) is 7. The van der Waals surface area contributed by atoms with Gasteiger partial charge in [-0.05, 0) is 0 Å². The lowest BCUT2D eigenvalue weighted by Gasteiger charge is -2.36. The number of Topliss-reactive ketones (excluding diaryl/α,β-unsaturated/α-hetero) is 1. The maximum atomic E-state index is 12.5. The minimum absolute atomic E-state index is 0.223. The van der Waals surface area contributed by atoms with Gasteiger partial charge in [0.05, 0.1) is 7.11 Å². The normalized spacial score (nSPS) is 16.3. The maximum Gasteiger partial charge on any atom is 0.368 e. The predicted octanol–water partition coefficient (Wildman–Crippen LogP) is -0.310. The van der Waals surface area contributed by atoms with Crippen LogP contribution in [0.4, 0.5) is 0 Å². The van der Waals surface area contributed by atoms with E-state index in [1.54, 1.807) is 6.07 Å². The van der Waals surface area contributed by atoms with Crippen LogP contribution in [-0.4, -0.2) is 58.6 Å². The molecule has 3 N–H and O–H groups in total. The Morgan fingerprint density at radius 1 is 1.00 bits per heavy atom. The predicted molar refractivity (Wildman–Crippen MR) is 68.8 cm³/mol. The van der Waals surface area contributed by atoms with E-state index in [0.717, 1.165) is 7.11 Å². The van der Waals surface area contributed by atoms with E-state index in [2.05, 4.69) is 14.5 Å². The van der Waals surface area contributed by atoms with Crippen LogP contribution in [0.3, 0.4) is 0 Å². The van der Waals surface area contributed by atoms with Gasteiger partial charge in [-0.1, -0.05) is 30.3 Å². The molecule has 1 rings (SSSR count). The molecular weight excluding hydrogens is 300 g/mol. The highest BCUT2D eigenvalue weighted by Crippen LogP contribution is 2.32. The number of carbonyl (C=O) groups is 3. The standard InChI is InChI=1S/C13H14O9/c1-20-13(19,11(17)18)12(10(15)16,22-21-2)9(14)8-6-4-3-5-7-8/h3-7,19H,1-2H3,(H,15,16)(H,17,18). The number of carboxylic acid groups (broad SMARTS) is 2. The van der Waals surface area contributed by atoms with Crippen LogP contribution in [0.15, 0.2) is 30.3 Å². The van der Waals surface area contributed by atoms with Crippen molar-refractivity contribution in [1.29, 1.82) is 0 Å². The van der Waals surface area contributed by atoms with Crippen molar-refractivity contribution in [3.8, 4) is 0 Å². The molecule has 1 aromatic rings. The van der Waals surface area contributed by atoms with E-state index < -0.39 is 29.1 Å². The minimum atomic E-state index is -3.53. The average Bonchev–Trinajstić information content (AvgIpc) is 2.51. The fourth-order valence-electron chi connectivity index (χ4n) is 1.83. The molecule has 0 fully saturated rings. The van der Waals surface area contributed by atoms with Crippen LogP contribution < -0.4 is 0 Å². The molecule has 0 bridgehead atoms. The summed E-state index contributed by atoms with van der Waals surface area (Å²) in [5.41, 5.74) is -3.59. The van der Waals surface area contributed by atoms with E-state index in [4.69, 9.17) is 5.11 Å². The van der Waals surface area contributed by atoms with Crippen molar-refractivity contribution < 1.29 is 44.2 Å². The molecule has 9 nitrogen and oxygen atoms in total. The third-order valence-electron chi connectivity index (χ3n) is 2.93. The Morgan fingerprint density at radius 3 is 1.91 bits per heavy atom. The summed E-state index contributed by atoms with van der Waals surface area (Å²) in [5.74, 6) is -9.13. The highest BCUT2D eigenvalue weighted by molar-refractivity contribution is 6.18. The van der Waals surface area contributed by atoms with Gasteiger partial charge in [-0.15, -0.1) is 0 Å². The van der Waals surface area contributed by atoms with Crippen molar-refractivity contribution in [2.45, 2.75) is 11.4 Å². The first-order valence-electron chi connectivity index (χ1n) is 5.84. The Morgan fingerprint density at radius 2 is 1.55 bits per heavy atom. The molecule has 2 unspecified atom stereocenters. The van der Waals surface area contributed by atoms with Crippen LogP contribution in [0.1, 0.15) is 10.4 Å². The average molecular weight is 314 g/mol. The van der Waals surface area contributed by atoms with Crippen molar-refractivity contribution in [2.75, 3.05) is 14.2 Å². The SMILES string of the molecule is COOC(C(=O)O)(C(=O)c1ccccc1)C(O)(OC)C(=O)O. The van der Waals surface area contributed by atoms with Gasteiger partial charge in [0.1, 0.15) is 0 Å². The summed E-state index contributed by atoms with van der Waals surface area (Å²) in [6, 6.07) is 6.82. The quantitative estimate of drug-likeness (QED) is 0.194. The number of rotatable bonds is 8. The second-order valence-corrected chi connectivity index (χ2v) is 4.08. The summed E-state index contributed by atoms with van der Waals surface area (Å²) in [6.45, 7) is 0. The number of aliphatic carboxylic acids is 2. The van der Waals surface area contributed by atoms with Crippen LogP contribution in [0.2, 0.25) is 0 Å². The van der Waals surface area contributed by atoms with E-state index in [9.17, 15) is 24.6 Å². The molecule has 2 atom stereocenters. The topological polar surface area (TPSA) is 140 Å². The summed E-state index contributed by atoms with van der Waals surface area (Å²) >= 11 is 0. The first kappa shape index (κ1) is 17.7. The van der Waals surface area contributed by atoms with Crippen LogP contribution in [-0.2, 0) is 24.1 Å². The van der Waals surface area contributed by atoms with Gasteiger partial charge in [-0.2, -0.15) is 0 Å². The Bertz CT molecular complexity index is 570. The molecule has 0 heterocycles. The number of aliphatic hydroxyl groups is 1. The second kappa shape index (κ2) is 6.62. The van der Waals surface area contributed by atoms with Gasteiger partial charge >= 0.3 is 23.3 Å². The molecule has 0 radical (unpaired) electrons. The third-order valence-corrected chi connectivity index (χ3v) is 2.93. The molecule has 9 heteroatoms. The van der Waals surface area contributed by atoms with Gasteiger partial charge in [0.2, 0.25) is 5.78 Å². The lowest BCUT2D eigenvalue weighted by Crippen LogP contribution is -2.70. The lowest BCUT2D eigenvalue weighted by atomic mass is 9.84. The van der Waals surface area contributed by atoms with Crippen molar-refractivity contribution in [2.24, 2.45) is 0 Å². The molecule has 22 heavy (non-hydrogen) atoms. The minimum Gasteiger partial charge on any atom is -0.478 e. The smallest absolute Gasteiger partial charge is 0.368 e. The fraction of sp³-hybridized carbons (Fsp3) is 0.308. The zero-order chi connectivity index (χ0) is 17.0. The van der Waals surface area contributed by atoms with E-state index >= 15 is 0 Å². The van der Waals surface area contributed by atoms with E-state index in [1.165, 1.54) is 24.3 Å². The highest BCUT2D eigenvalue weighted by Gasteiger charge is 2.70. The third kappa shape index (κ3) is 2.57. The molecule has 0 aliphatic carbocycles. The van der Waals surface area contributed by atoms with Crippen LogP contribution in [0.25, 0.3) is 0 Å². The summed E-state index contributed by atoms with van der Waals surface area (Å²) in [5, 5.41) is 28.6. The molecule has 120 valence electrons. The number of carbonyl (C=O) groups excluding carboxylic acids is 1. The van der Waals surface area contributed by atoms with E-state index in [-0.39, 0.29) is 5.56 Å². The summed E-state index contributed by atoms with van der Waals surface area (Å²) in [4.78, 5) is 44.0. The van der Waals surface area contributed by atoms with Gasteiger partial charge in [0.25, 0.3) is 0 Å². The molecule has 0 saturated heterocycles. The lowest BCUT2D eigenvalue weighted by molar-refractivity contribution is -0.382. The second-order valence-electron chi connectivity index (χ2n) is 4.08. The summed E-state index contributed by atoms with van der Waals surface area (Å²) in [7, 11) is 1.57. The van der Waals surface area contributed by atoms with Crippen molar-refractivity contribution in [3.05, 3.63) is 35.9 Å². The molecule has 0 aliphatic rings. The monoisotopic (exact) mass is 314 g/mol. The zero-order valence-electron chi connectivity index (χ0n) is 11.7. The van der Waals surface area contributed by atoms with Crippen molar-refractivity contribution in [1.82, 2.24) is 0 Å². The molecule has 0 amide bonds. The van der Waals surface area contributed by atoms with Gasteiger partial charge in [-0.25, -0.2) is 19.4 Å². The number of ether oxygens (including phenoxy) is 1. The van der Waals surface area contributed by atoms with Gasteiger partial charge in [-0.3, -0.25) is 4.79 Å². The molecule has 1 aromatic carbocycles. The molecule has 0 spiro atoms. The Kier molecular flexibility index (Phi) is 5.33. The molecule has 0 aliphatic heterocycles. The van der Waals surface area contributed by atoms with Crippen molar-refractivity contribution in [3.63, 3.8) is 0 Å². The zero-order valence-corrected chi connectivity index (χ0v) is 11.7. The number of hydrogen-bond donors (Lipinski definition) is 3.